The van der Waals surface area contributed by atoms with Crippen molar-refractivity contribution in [2.24, 2.45) is 5.92 Å². The van der Waals surface area contributed by atoms with E-state index in [1.165, 1.54) is 0 Å². The fourth-order valence-electron chi connectivity index (χ4n) is 0.582. The van der Waals surface area contributed by atoms with E-state index >= 15 is 0 Å². The summed E-state index contributed by atoms with van der Waals surface area (Å²) in [6.07, 6.45) is 0. The molecule has 0 rings (SSSR count). The largest absolute Gasteiger partial charge is 0.467 e. The van der Waals surface area contributed by atoms with Gasteiger partial charge < -0.3 is 16.4 Å². The van der Waals surface area contributed by atoms with Crippen LogP contribution in [0.3, 0.4) is 0 Å². The molecule has 0 spiro atoms. The van der Waals surface area contributed by atoms with Crippen molar-refractivity contribution in [2.75, 3.05) is 13.2 Å². The third-order valence-corrected chi connectivity index (χ3v) is 1.14. The molecule has 0 atom stereocenters. The van der Waals surface area contributed by atoms with Gasteiger partial charge in [0.1, 0.15) is 0 Å². The second kappa shape index (κ2) is 5.57. The van der Waals surface area contributed by atoms with Crippen molar-refractivity contribution in [1.29, 1.82) is 0 Å². The predicted molar refractivity (Wildman–Crippen MR) is 42.1 cm³/mol. The number of ether oxygens (including phenoxy) is 2. The first-order valence-corrected chi connectivity index (χ1v) is 3.79. The molecule has 0 aliphatic carbocycles. The van der Waals surface area contributed by atoms with Gasteiger partial charge in [-0.15, -0.1) is 0 Å². The molecule has 4 nitrogen and oxygen atoms in total. The fourth-order valence-corrected chi connectivity index (χ4v) is 0.582. The Labute approximate surface area is 71.8 Å². The summed E-state index contributed by atoms with van der Waals surface area (Å²) in [6, 6.07) is 0. The molecule has 0 N–H and O–H groups in total. The van der Waals surface area contributed by atoms with E-state index in [1.807, 2.05) is 0 Å². The zero-order valence-electron chi connectivity index (χ0n) is 7.33. The molecule has 0 aliphatic heterocycles. The molecule has 4 heteroatoms. The van der Waals surface area contributed by atoms with Crippen LogP contribution in [-0.4, -0.2) is 25.2 Å². The number of rotatable bonds is 4. The number of hydrogen-bond acceptors (Lipinski definition) is 4. The molecule has 70 valence electrons. The van der Waals surface area contributed by atoms with E-state index in [1.54, 1.807) is 13.8 Å². The van der Waals surface area contributed by atoms with Gasteiger partial charge in [0.05, 0.1) is 13.2 Å². The summed E-state index contributed by atoms with van der Waals surface area (Å²) in [6.45, 7) is 7.13. The van der Waals surface area contributed by atoms with Crippen molar-refractivity contribution in [3.8, 4) is 0 Å². The van der Waals surface area contributed by atoms with Gasteiger partial charge in [-0.05, 0) is 13.8 Å². The first-order valence-electron chi connectivity index (χ1n) is 3.79. The van der Waals surface area contributed by atoms with Crippen LogP contribution in [0, 0.1) is 12.8 Å². The van der Waals surface area contributed by atoms with Crippen molar-refractivity contribution >= 4 is 11.9 Å². The minimum absolute atomic E-state index is 0.240. The number of carbonyl (C=O) groups excluding carboxylic acids is 2. The normalized spacial score (nSPS) is 9.67. The lowest BCUT2D eigenvalue weighted by molar-refractivity contribution is -0.159. The average molecular weight is 173 g/mol. The van der Waals surface area contributed by atoms with E-state index in [4.69, 9.17) is 0 Å². The van der Waals surface area contributed by atoms with E-state index in [2.05, 4.69) is 16.4 Å². The lowest BCUT2D eigenvalue weighted by Gasteiger charge is -2.13. The third kappa shape index (κ3) is 3.37. The fraction of sp³-hybridized carbons (Fsp3) is 0.625. The van der Waals surface area contributed by atoms with Gasteiger partial charge in [-0.3, -0.25) is 9.59 Å². The smallest absolute Gasteiger partial charge is 0.289 e. The third-order valence-electron chi connectivity index (χ3n) is 1.14. The maximum atomic E-state index is 10.9. The lowest BCUT2D eigenvalue weighted by atomic mass is 10.2. The Morgan fingerprint density at radius 1 is 1.17 bits per heavy atom. The van der Waals surface area contributed by atoms with Gasteiger partial charge in [0.25, 0.3) is 11.9 Å². The quantitative estimate of drug-likeness (QED) is 0.354. The van der Waals surface area contributed by atoms with Gasteiger partial charge in [-0.2, -0.15) is 0 Å². The highest BCUT2D eigenvalue weighted by Gasteiger charge is 2.16. The van der Waals surface area contributed by atoms with Gasteiger partial charge in [0.2, 0.25) is 0 Å². The molecule has 0 unspecified atom stereocenters. The lowest BCUT2D eigenvalue weighted by Crippen LogP contribution is -2.25. The van der Waals surface area contributed by atoms with Gasteiger partial charge in [-0.25, -0.2) is 0 Å². The SMILES string of the molecule is [CH2-]C(C(=O)OCC)C(=O)OCC. The van der Waals surface area contributed by atoms with Crippen molar-refractivity contribution in [3.63, 3.8) is 0 Å². The van der Waals surface area contributed by atoms with Gasteiger partial charge in [-0.1, -0.05) is 0 Å². The Balaban J connectivity index is 3.91. The highest BCUT2D eigenvalue weighted by Crippen LogP contribution is 2.00. The molecule has 0 aromatic heterocycles. The monoisotopic (exact) mass is 173 g/mol. The zero-order valence-corrected chi connectivity index (χ0v) is 7.33. The van der Waals surface area contributed by atoms with Crippen molar-refractivity contribution in [3.05, 3.63) is 6.92 Å². The predicted octanol–water partition coefficient (Wildman–Crippen LogP) is 0.563. The van der Waals surface area contributed by atoms with Crippen LogP contribution in [0.5, 0.6) is 0 Å². The van der Waals surface area contributed by atoms with Gasteiger partial charge in [0, 0.05) is 5.92 Å². The van der Waals surface area contributed by atoms with Crippen LogP contribution in [-0.2, 0) is 19.1 Å². The molecule has 0 bridgehead atoms. The molecule has 0 radical (unpaired) electrons. The van der Waals surface area contributed by atoms with E-state index in [9.17, 15) is 9.59 Å². The molecule has 0 aromatic carbocycles. The van der Waals surface area contributed by atoms with E-state index in [-0.39, 0.29) is 13.2 Å². The number of carbonyl (C=O) groups is 2. The van der Waals surface area contributed by atoms with E-state index in [0.29, 0.717) is 0 Å². The summed E-state index contributed by atoms with van der Waals surface area (Å²) in [7, 11) is 0. The Bertz CT molecular complexity index is 146. The summed E-state index contributed by atoms with van der Waals surface area (Å²) in [5.41, 5.74) is 0. The van der Waals surface area contributed by atoms with Crippen LogP contribution in [0.1, 0.15) is 13.8 Å². The van der Waals surface area contributed by atoms with Crippen LogP contribution >= 0.6 is 0 Å². The number of hydrogen-bond donors (Lipinski definition) is 0. The second-order valence-corrected chi connectivity index (χ2v) is 2.06. The maximum Gasteiger partial charge on any atom is 0.289 e. The summed E-state index contributed by atoms with van der Waals surface area (Å²) < 4.78 is 9.14. The molecule has 0 saturated heterocycles. The van der Waals surface area contributed by atoms with Crippen molar-refractivity contribution in [2.45, 2.75) is 13.8 Å². The molecular weight excluding hydrogens is 160 g/mol. The molecule has 12 heavy (non-hydrogen) atoms. The van der Waals surface area contributed by atoms with Crippen LogP contribution in [0.15, 0.2) is 0 Å². The molecule has 0 aromatic rings. The molecule has 0 aliphatic rings. The van der Waals surface area contributed by atoms with Crippen molar-refractivity contribution in [1.82, 2.24) is 0 Å². The van der Waals surface area contributed by atoms with E-state index < -0.39 is 17.9 Å². The van der Waals surface area contributed by atoms with Crippen LogP contribution < -0.4 is 0 Å². The highest BCUT2D eigenvalue weighted by atomic mass is 16.6. The summed E-state index contributed by atoms with van der Waals surface area (Å²) in [5.74, 6) is -2.35. The minimum Gasteiger partial charge on any atom is -0.467 e. The van der Waals surface area contributed by atoms with Crippen LogP contribution in [0.25, 0.3) is 0 Å². The molecular formula is C8H13O4-. The minimum atomic E-state index is -1.06. The molecule has 0 saturated carbocycles. The Morgan fingerprint density at radius 3 is 1.75 bits per heavy atom. The standard InChI is InChI=1S/C8H13O4/c1-4-11-7(9)6(3)8(10)12-5-2/h6H,3-5H2,1-2H3/q-1. The highest BCUT2D eigenvalue weighted by molar-refractivity contribution is 5.95. The topological polar surface area (TPSA) is 52.6 Å². The Kier molecular flexibility index (Phi) is 5.08. The summed E-state index contributed by atoms with van der Waals surface area (Å²) in [5, 5.41) is 0. The second-order valence-electron chi connectivity index (χ2n) is 2.06. The molecule has 0 amide bonds. The summed E-state index contributed by atoms with van der Waals surface area (Å²) >= 11 is 0. The van der Waals surface area contributed by atoms with Crippen molar-refractivity contribution < 1.29 is 19.1 Å². The maximum absolute atomic E-state index is 10.9. The van der Waals surface area contributed by atoms with Gasteiger partial charge in [0.15, 0.2) is 0 Å². The average Bonchev–Trinajstić information content (AvgIpc) is 2.04. The summed E-state index contributed by atoms with van der Waals surface area (Å²) in [4.78, 5) is 21.7. The zero-order chi connectivity index (χ0) is 9.56. The Morgan fingerprint density at radius 2 is 1.50 bits per heavy atom. The number of esters is 2. The van der Waals surface area contributed by atoms with Crippen LogP contribution in [0.2, 0.25) is 0 Å². The van der Waals surface area contributed by atoms with Gasteiger partial charge >= 0.3 is 0 Å². The first-order chi connectivity index (χ1) is 5.63. The van der Waals surface area contributed by atoms with Crippen LogP contribution in [0.4, 0.5) is 0 Å². The first kappa shape index (κ1) is 10.9. The molecule has 0 heterocycles. The van der Waals surface area contributed by atoms with E-state index in [0.717, 1.165) is 0 Å². The Hall–Kier alpha value is -1.06. The molecule has 0 fully saturated rings.